The number of hydrogen-bond acceptors (Lipinski definition) is 9. The van der Waals surface area contributed by atoms with Crippen LogP contribution in [0.4, 0.5) is 5.82 Å². The Hall–Kier alpha value is -3.27. The second-order valence-corrected chi connectivity index (χ2v) is 6.75. The third-order valence-electron chi connectivity index (χ3n) is 4.69. The number of rotatable bonds is 7. The van der Waals surface area contributed by atoms with Crippen molar-refractivity contribution >= 4 is 11.8 Å². The van der Waals surface area contributed by atoms with E-state index in [1.165, 1.54) is 10.4 Å². The number of ether oxygens (including phenoxy) is 1. The maximum absolute atomic E-state index is 11.5. The number of esters is 1. The Balaban J connectivity index is 1.33. The highest BCUT2D eigenvalue weighted by molar-refractivity contribution is 5.68. The Kier molecular flexibility index (Phi) is 5.80. The number of tetrazole rings is 1. The molecule has 1 saturated heterocycles. The summed E-state index contributed by atoms with van der Waals surface area (Å²) in [6.07, 6.45) is 0. The highest BCUT2D eigenvalue weighted by Gasteiger charge is 2.21. The third kappa shape index (κ3) is 4.77. The van der Waals surface area contributed by atoms with Crippen molar-refractivity contribution in [2.24, 2.45) is 0 Å². The lowest BCUT2D eigenvalue weighted by atomic mass is 10.2. The SMILES string of the molecule is CCOC(=O)Cn1nnc(-c2cc(N3CCN(Cc4ccccc4)CC3)no2)n1. The molecule has 1 aliphatic heterocycles. The van der Waals surface area contributed by atoms with Crippen molar-refractivity contribution in [2.45, 2.75) is 20.0 Å². The standard InChI is InChI=1S/C19H23N7O3/c1-2-28-18(27)14-26-21-19(20-23-26)16-12-17(22-29-16)25-10-8-24(9-11-25)13-15-6-4-3-5-7-15/h3-7,12H,2,8-11,13-14H2,1H3. The highest BCUT2D eigenvalue weighted by Crippen LogP contribution is 2.22. The Morgan fingerprint density at radius 3 is 2.72 bits per heavy atom. The third-order valence-corrected chi connectivity index (χ3v) is 4.69. The number of nitrogens with zero attached hydrogens (tertiary/aromatic N) is 7. The first kappa shape index (κ1) is 19.1. The summed E-state index contributed by atoms with van der Waals surface area (Å²) in [6.45, 7) is 6.54. The molecule has 10 heteroatoms. The molecule has 0 saturated carbocycles. The van der Waals surface area contributed by atoms with E-state index in [0.29, 0.717) is 12.4 Å². The molecule has 3 aromatic rings. The summed E-state index contributed by atoms with van der Waals surface area (Å²) >= 11 is 0. The summed E-state index contributed by atoms with van der Waals surface area (Å²) < 4.78 is 10.3. The van der Waals surface area contributed by atoms with Crippen LogP contribution in [0.1, 0.15) is 12.5 Å². The average molecular weight is 397 g/mol. The molecule has 0 N–H and O–H groups in total. The van der Waals surface area contributed by atoms with Gasteiger partial charge < -0.3 is 14.2 Å². The van der Waals surface area contributed by atoms with E-state index in [1.54, 1.807) is 13.0 Å². The monoisotopic (exact) mass is 397 g/mol. The average Bonchev–Trinajstić information content (AvgIpc) is 3.39. The zero-order chi connectivity index (χ0) is 20.1. The summed E-state index contributed by atoms with van der Waals surface area (Å²) in [5.74, 6) is 1.04. The van der Waals surface area contributed by atoms with Crippen molar-refractivity contribution in [1.29, 1.82) is 0 Å². The van der Waals surface area contributed by atoms with E-state index in [0.717, 1.165) is 38.5 Å². The number of benzene rings is 1. The molecular weight excluding hydrogens is 374 g/mol. The van der Waals surface area contributed by atoms with Gasteiger partial charge in [-0.3, -0.25) is 4.90 Å². The van der Waals surface area contributed by atoms with Gasteiger partial charge >= 0.3 is 5.97 Å². The van der Waals surface area contributed by atoms with E-state index in [2.05, 4.69) is 54.6 Å². The largest absolute Gasteiger partial charge is 0.465 e. The minimum absolute atomic E-state index is 0.0921. The maximum Gasteiger partial charge on any atom is 0.329 e. The van der Waals surface area contributed by atoms with E-state index in [1.807, 2.05) is 6.07 Å². The predicted molar refractivity (Wildman–Crippen MR) is 104 cm³/mol. The molecule has 10 nitrogen and oxygen atoms in total. The van der Waals surface area contributed by atoms with Gasteiger partial charge in [0.05, 0.1) is 6.61 Å². The van der Waals surface area contributed by atoms with Gasteiger partial charge in [-0.2, -0.15) is 4.80 Å². The first-order valence-electron chi connectivity index (χ1n) is 9.63. The van der Waals surface area contributed by atoms with Crippen LogP contribution in [0, 0.1) is 0 Å². The molecule has 3 heterocycles. The number of aromatic nitrogens is 5. The zero-order valence-corrected chi connectivity index (χ0v) is 16.3. The van der Waals surface area contributed by atoms with E-state index in [4.69, 9.17) is 9.26 Å². The lowest BCUT2D eigenvalue weighted by molar-refractivity contribution is -0.144. The molecule has 1 aliphatic rings. The van der Waals surface area contributed by atoms with Crippen LogP contribution in [0.25, 0.3) is 11.6 Å². The quantitative estimate of drug-likeness (QED) is 0.544. The second-order valence-electron chi connectivity index (χ2n) is 6.75. The molecule has 0 bridgehead atoms. The normalized spacial score (nSPS) is 14.9. The number of anilines is 1. The Morgan fingerprint density at radius 1 is 1.17 bits per heavy atom. The Labute approximate surface area is 168 Å². The molecule has 4 rings (SSSR count). The van der Waals surface area contributed by atoms with Crippen LogP contribution in [0.3, 0.4) is 0 Å². The molecule has 0 radical (unpaired) electrons. The maximum atomic E-state index is 11.5. The second kappa shape index (κ2) is 8.82. The fourth-order valence-electron chi connectivity index (χ4n) is 3.23. The van der Waals surface area contributed by atoms with Crippen LogP contribution in [0.15, 0.2) is 40.9 Å². The Bertz CT molecular complexity index is 932. The molecule has 29 heavy (non-hydrogen) atoms. The predicted octanol–water partition coefficient (Wildman–Crippen LogP) is 1.21. The van der Waals surface area contributed by atoms with Gasteiger partial charge in [0.15, 0.2) is 12.4 Å². The van der Waals surface area contributed by atoms with E-state index < -0.39 is 5.97 Å². The fourth-order valence-corrected chi connectivity index (χ4v) is 3.23. The van der Waals surface area contributed by atoms with E-state index in [-0.39, 0.29) is 12.4 Å². The van der Waals surface area contributed by atoms with Crippen molar-refractivity contribution in [3.8, 4) is 11.6 Å². The van der Waals surface area contributed by atoms with Crippen LogP contribution < -0.4 is 4.90 Å². The zero-order valence-electron chi connectivity index (χ0n) is 16.3. The number of piperazine rings is 1. The smallest absolute Gasteiger partial charge is 0.329 e. The van der Waals surface area contributed by atoms with Gasteiger partial charge in [-0.05, 0) is 17.7 Å². The van der Waals surface area contributed by atoms with Gasteiger partial charge in [0.25, 0.3) is 0 Å². The van der Waals surface area contributed by atoms with Crippen LogP contribution in [0.5, 0.6) is 0 Å². The van der Waals surface area contributed by atoms with Gasteiger partial charge in [0.2, 0.25) is 11.6 Å². The first-order chi connectivity index (χ1) is 14.2. The fraction of sp³-hybridized carbons (Fsp3) is 0.421. The van der Waals surface area contributed by atoms with Gasteiger partial charge in [-0.1, -0.05) is 35.5 Å². The molecule has 0 aliphatic carbocycles. The minimum atomic E-state index is -0.414. The minimum Gasteiger partial charge on any atom is -0.465 e. The van der Waals surface area contributed by atoms with Crippen molar-refractivity contribution in [3.05, 3.63) is 42.0 Å². The molecule has 0 spiro atoms. The summed E-state index contributed by atoms with van der Waals surface area (Å²) in [6, 6.07) is 12.3. The van der Waals surface area contributed by atoms with Crippen LogP contribution in [-0.2, 0) is 22.6 Å². The van der Waals surface area contributed by atoms with Crippen molar-refractivity contribution in [2.75, 3.05) is 37.7 Å². The lowest BCUT2D eigenvalue weighted by Crippen LogP contribution is -2.46. The van der Waals surface area contributed by atoms with Gasteiger partial charge in [-0.15, -0.1) is 10.2 Å². The molecule has 0 amide bonds. The van der Waals surface area contributed by atoms with Crippen LogP contribution in [0.2, 0.25) is 0 Å². The van der Waals surface area contributed by atoms with Crippen LogP contribution >= 0.6 is 0 Å². The topological polar surface area (TPSA) is 102 Å². The van der Waals surface area contributed by atoms with Gasteiger partial charge in [0, 0.05) is 38.8 Å². The molecule has 152 valence electrons. The first-order valence-corrected chi connectivity index (χ1v) is 9.63. The molecule has 0 unspecified atom stereocenters. The van der Waals surface area contributed by atoms with Crippen molar-refractivity contribution in [1.82, 2.24) is 30.3 Å². The van der Waals surface area contributed by atoms with Crippen LogP contribution in [-0.4, -0.2) is 69.0 Å². The lowest BCUT2D eigenvalue weighted by Gasteiger charge is -2.34. The highest BCUT2D eigenvalue weighted by atomic mass is 16.5. The molecular formula is C19H23N7O3. The van der Waals surface area contributed by atoms with Crippen molar-refractivity contribution < 1.29 is 14.1 Å². The Morgan fingerprint density at radius 2 is 1.97 bits per heavy atom. The summed E-state index contributed by atoms with van der Waals surface area (Å²) in [7, 11) is 0. The summed E-state index contributed by atoms with van der Waals surface area (Å²) in [5.41, 5.74) is 1.32. The number of hydrogen-bond donors (Lipinski definition) is 0. The molecule has 0 atom stereocenters. The van der Waals surface area contributed by atoms with Gasteiger partial charge in [-0.25, -0.2) is 4.79 Å². The molecule has 1 fully saturated rings. The van der Waals surface area contributed by atoms with E-state index in [9.17, 15) is 4.79 Å². The number of carbonyl (C=O) groups excluding carboxylic acids is 1. The summed E-state index contributed by atoms with van der Waals surface area (Å²) in [4.78, 5) is 17.3. The molecule has 1 aromatic carbocycles. The molecule has 2 aromatic heterocycles. The van der Waals surface area contributed by atoms with Crippen molar-refractivity contribution in [3.63, 3.8) is 0 Å². The van der Waals surface area contributed by atoms with E-state index >= 15 is 0 Å². The number of carbonyl (C=O) groups is 1. The van der Waals surface area contributed by atoms with Gasteiger partial charge in [0.1, 0.15) is 0 Å². The summed E-state index contributed by atoms with van der Waals surface area (Å²) in [5, 5.41) is 16.1.